The Morgan fingerprint density at radius 1 is 1.19 bits per heavy atom. The van der Waals surface area contributed by atoms with Crippen LogP contribution in [0.3, 0.4) is 0 Å². The maximum absolute atomic E-state index is 15.1. The van der Waals surface area contributed by atoms with Crippen molar-refractivity contribution in [2.45, 2.75) is 20.3 Å². The molecule has 31 heavy (non-hydrogen) atoms. The smallest absolute Gasteiger partial charge is 0.326 e. The first-order chi connectivity index (χ1) is 15.0. The minimum absolute atomic E-state index is 0.0809. The van der Waals surface area contributed by atoms with Crippen molar-refractivity contribution < 1.29 is 13.9 Å². The van der Waals surface area contributed by atoms with Crippen LogP contribution in [-0.4, -0.2) is 41.3 Å². The highest BCUT2D eigenvalue weighted by Crippen LogP contribution is 2.34. The van der Waals surface area contributed by atoms with Crippen LogP contribution in [0.2, 0.25) is 0 Å². The standard InChI is InChI=1S/C22H22FN5O2S/c1-13-9-15-3-4-17(20(23)16(15)10-13)30-21-25-18(26-22-24-12-14(2)31-22)11-19(27-21)28-5-7-29-8-6-28/h3-4,10-12H,5-9H2,1-2H3,(H,24,25,26,27). The van der Waals surface area contributed by atoms with E-state index in [1.54, 1.807) is 12.3 Å². The molecule has 1 saturated heterocycles. The quantitative estimate of drug-likeness (QED) is 0.617. The number of anilines is 3. The van der Waals surface area contributed by atoms with Crippen LogP contribution in [0.25, 0.3) is 6.08 Å². The van der Waals surface area contributed by atoms with Crippen molar-refractivity contribution in [3.8, 4) is 11.8 Å². The Hall–Kier alpha value is -3.04. The summed E-state index contributed by atoms with van der Waals surface area (Å²) in [6.07, 6.45) is 4.42. The average molecular weight is 440 g/mol. The molecule has 1 fully saturated rings. The van der Waals surface area contributed by atoms with E-state index in [2.05, 4.69) is 25.2 Å². The van der Waals surface area contributed by atoms with Crippen LogP contribution < -0.4 is 15.0 Å². The number of rotatable bonds is 5. The number of morpholine rings is 1. The number of fused-ring (bicyclic) bond motifs is 1. The van der Waals surface area contributed by atoms with Crippen LogP contribution in [0.4, 0.5) is 21.2 Å². The fourth-order valence-electron chi connectivity index (χ4n) is 3.70. The Balaban J connectivity index is 1.48. The Bertz CT molecular complexity index is 1160. The zero-order chi connectivity index (χ0) is 21.4. The highest BCUT2D eigenvalue weighted by atomic mass is 32.1. The molecule has 0 unspecified atom stereocenters. The molecule has 3 aromatic rings. The molecule has 2 aromatic heterocycles. The molecule has 0 amide bonds. The predicted octanol–water partition coefficient (Wildman–Crippen LogP) is 4.71. The molecule has 1 aliphatic carbocycles. The van der Waals surface area contributed by atoms with Crippen LogP contribution >= 0.6 is 11.3 Å². The van der Waals surface area contributed by atoms with Crippen molar-refractivity contribution in [3.05, 3.63) is 51.8 Å². The van der Waals surface area contributed by atoms with Crippen molar-refractivity contribution in [1.29, 1.82) is 0 Å². The van der Waals surface area contributed by atoms with Gasteiger partial charge in [0.2, 0.25) is 0 Å². The second kappa shape index (κ2) is 8.24. The molecule has 0 bridgehead atoms. The number of benzene rings is 1. The molecule has 0 radical (unpaired) electrons. The van der Waals surface area contributed by atoms with Crippen molar-refractivity contribution >= 4 is 34.2 Å². The summed E-state index contributed by atoms with van der Waals surface area (Å²) in [5.41, 5.74) is 2.67. The number of allylic oxidation sites excluding steroid dienone is 1. The van der Waals surface area contributed by atoms with Crippen LogP contribution in [-0.2, 0) is 11.2 Å². The molecule has 7 nitrogen and oxygen atoms in total. The lowest BCUT2D eigenvalue weighted by atomic mass is 10.1. The lowest BCUT2D eigenvalue weighted by Gasteiger charge is -2.28. The monoisotopic (exact) mass is 439 g/mol. The molecule has 0 saturated carbocycles. The third-order valence-electron chi connectivity index (χ3n) is 5.18. The topological polar surface area (TPSA) is 72.4 Å². The van der Waals surface area contributed by atoms with Gasteiger partial charge in [-0.3, -0.25) is 0 Å². The molecular formula is C22H22FN5O2S. The number of ether oxygens (including phenoxy) is 2. The number of hydrogen-bond donors (Lipinski definition) is 1. The molecule has 0 spiro atoms. The van der Waals surface area contributed by atoms with E-state index >= 15 is 4.39 Å². The van der Waals surface area contributed by atoms with Crippen molar-refractivity contribution in [1.82, 2.24) is 15.0 Å². The first-order valence-corrected chi connectivity index (χ1v) is 10.9. The molecular weight excluding hydrogens is 417 g/mol. The third-order valence-corrected chi connectivity index (χ3v) is 6.01. The lowest BCUT2D eigenvalue weighted by molar-refractivity contribution is 0.122. The highest BCUT2D eigenvalue weighted by molar-refractivity contribution is 7.15. The Labute approximate surface area is 183 Å². The summed E-state index contributed by atoms with van der Waals surface area (Å²) < 4.78 is 26.4. The Morgan fingerprint density at radius 2 is 2.03 bits per heavy atom. The van der Waals surface area contributed by atoms with Crippen LogP contribution in [0.5, 0.6) is 11.8 Å². The van der Waals surface area contributed by atoms with Crippen LogP contribution in [0.15, 0.2) is 30.0 Å². The first kappa shape index (κ1) is 19.9. The van der Waals surface area contributed by atoms with E-state index in [4.69, 9.17) is 9.47 Å². The average Bonchev–Trinajstić information content (AvgIpc) is 3.35. The molecule has 160 valence electrons. The van der Waals surface area contributed by atoms with Gasteiger partial charge in [-0.05, 0) is 31.9 Å². The number of halogens is 1. The normalized spacial score (nSPS) is 15.6. The van der Waals surface area contributed by atoms with Gasteiger partial charge in [0.1, 0.15) is 11.6 Å². The summed E-state index contributed by atoms with van der Waals surface area (Å²) in [5, 5.41) is 3.93. The van der Waals surface area contributed by atoms with Gasteiger partial charge in [-0.1, -0.05) is 17.7 Å². The van der Waals surface area contributed by atoms with E-state index in [0.717, 1.165) is 27.6 Å². The zero-order valence-electron chi connectivity index (χ0n) is 17.3. The molecule has 5 rings (SSSR count). The van der Waals surface area contributed by atoms with Gasteiger partial charge in [0, 0.05) is 35.8 Å². The first-order valence-electron chi connectivity index (χ1n) is 10.1. The van der Waals surface area contributed by atoms with Crippen LogP contribution in [0.1, 0.15) is 22.9 Å². The SMILES string of the molecule is CC1=Cc2c(ccc(Oc3nc(Nc4ncc(C)s4)cc(N4CCOCC4)n3)c2F)C1. The van der Waals surface area contributed by atoms with Crippen molar-refractivity contribution in [2.75, 3.05) is 36.5 Å². The summed E-state index contributed by atoms with van der Waals surface area (Å²) in [6, 6.07) is 5.46. The number of thiazole rings is 1. The third kappa shape index (κ3) is 4.24. The summed E-state index contributed by atoms with van der Waals surface area (Å²) in [5.74, 6) is 0.958. The maximum atomic E-state index is 15.1. The number of aryl methyl sites for hydroxylation is 1. The van der Waals surface area contributed by atoms with Gasteiger partial charge in [-0.15, -0.1) is 11.3 Å². The van der Waals surface area contributed by atoms with E-state index in [9.17, 15) is 0 Å². The minimum atomic E-state index is -0.389. The molecule has 2 aliphatic rings. The van der Waals surface area contributed by atoms with Gasteiger partial charge in [0.25, 0.3) is 0 Å². The second-order valence-electron chi connectivity index (χ2n) is 7.61. The fraction of sp³-hybridized carbons (Fsp3) is 0.318. The van der Waals surface area contributed by atoms with Crippen molar-refractivity contribution in [2.24, 2.45) is 0 Å². The summed E-state index contributed by atoms with van der Waals surface area (Å²) in [7, 11) is 0. The van der Waals surface area contributed by atoms with Gasteiger partial charge in [-0.25, -0.2) is 9.37 Å². The molecule has 9 heteroatoms. The Kier molecular flexibility index (Phi) is 5.29. The zero-order valence-corrected chi connectivity index (χ0v) is 18.1. The molecule has 1 aliphatic heterocycles. The molecule has 1 aromatic carbocycles. The molecule has 1 N–H and O–H groups in total. The lowest BCUT2D eigenvalue weighted by Crippen LogP contribution is -2.36. The van der Waals surface area contributed by atoms with Gasteiger partial charge in [0.05, 0.1) is 13.2 Å². The van der Waals surface area contributed by atoms with Gasteiger partial charge < -0.3 is 19.7 Å². The second-order valence-corrected chi connectivity index (χ2v) is 8.85. The largest absolute Gasteiger partial charge is 0.421 e. The summed E-state index contributed by atoms with van der Waals surface area (Å²) >= 11 is 1.53. The number of aromatic nitrogens is 3. The van der Waals surface area contributed by atoms with Gasteiger partial charge >= 0.3 is 6.01 Å². The van der Waals surface area contributed by atoms with Gasteiger partial charge in [0.15, 0.2) is 16.7 Å². The van der Waals surface area contributed by atoms with E-state index in [-0.39, 0.29) is 17.6 Å². The number of nitrogens with one attached hydrogen (secondary N) is 1. The van der Waals surface area contributed by atoms with Crippen molar-refractivity contribution in [3.63, 3.8) is 0 Å². The van der Waals surface area contributed by atoms with Gasteiger partial charge in [-0.2, -0.15) is 9.97 Å². The summed E-state index contributed by atoms with van der Waals surface area (Å²) in [6.45, 7) is 6.66. The van der Waals surface area contributed by atoms with Crippen LogP contribution in [0, 0.1) is 12.7 Å². The molecule has 3 heterocycles. The Morgan fingerprint density at radius 3 is 2.81 bits per heavy atom. The summed E-state index contributed by atoms with van der Waals surface area (Å²) in [4.78, 5) is 16.5. The fourth-order valence-corrected chi connectivity index (χ4v) is 4.37. The number of nitrogens with zero attached hydrogens (tertiary/aromatic N) is 4. The molecule has 0 atom stereocenters. The predicted molar refractivity (Wildman–Crippen MR) is 119 cm³/mol. The van der Waals surface area contributed by atoms with E-state index in [0.29, 0.717) is 43.5 Å². The highest BCUT2D eigenvalue weighted by Gasteiger charge is 2.21. The maximum Gasteiger partial charge on any atom is 0.326 e. The van der Waals surface area contributed by atoms with E-state index in [1.165, 1.54) is 11.3 Å². The number of hydrogen-bond acceptors (Lipinski definition) is 8. The minimum Gasteiger partial charge on any atom is -0.421 e. The van der Waals surface area contributed by atoms with E-state index in [1.807, 2.05) is 32.1 Å². The van der Waals surface area contributed by atoms with E-state index < -0.39 is 0 Å².